The van der Waals surface area contributed by atoms with Gasteiger partial charge in [-0.05, 0) is 24.3 Å². The van der Waals surface area contributed by atoms with Crippen LogP contribution in [0.1, 0.15) is 10.4 Å². The van der Waals surface area contributed by atoms with Gasteiger partial charge in [0.25, 0.3) is 5.69 Å². The number of para-hydroxylation sites is 1. The number of rotatable bonds is 3. The third-order valence-corrected chi connectivity index (χ3v) is 3.10. The van der Waals surface area contributed by atoms with Crippen molar-refractivity contribution in [3.8, 4) is 5.75 Å². The Morgan fingerprint density at radius 3 is 2.52 bits per heavy atom. The monoisotopic (exact) mass is 311 g/mol. The van der Waals surface area contributed by atoms with Crippen LogP contribution >= 0.6 is 0 Å². The highest BCUT2D eigenvalue weighted by molar-refractivity contribution is 5.94. The van der Waals surface area contributed by atoms with Crippen LogP contribution in [0.25, 0.3) is 11.0 Å². The van der Waals surface area contributed by atoms with Gasteiger partial charge in [0.15, 0.2) is 0 Å². The first kappa shape index (κ1) is 14.5. The van der Waals surface area contributed by atoms with E-state index in [2.05, 4.69) is 0 Å². The van der Waals surface area contributed by atoms with Crippen LogP contribution in [-0.4, -0.2) is 10.9 Å². The van der Waals surface area contributed by atoms with Gasteiger partial charge in [0, 0.05) is 17.5 Å². The molecule has 0 saturated carbocycles. The van der Waals surface area contributed by atoms with Gasteiger partial charge < -0.3 is 9.15 Å². The normalized spacial score (nSPS) is 10.4. The van der Waals surface area contributed by atoms with Crippen LogP contribution in [0.5, 0.6) is 5.75 Å². The number of hydrogen-bond acceptors (Lipinski definition) is 6. The lowest BCUT2D eigenvalue weighted by Crippen LogP contribution is -2.18. The Bertz CT molecular complexity index is 961. The van der Waals surface area contributed by atoms with Crippen LogP contribution in [0, 0.1) is 10.1 Å². The second-order valence-electron chi connectivity index (χ2n) is 4.63. The maximum absolute atomic E-state index is 12.1. The number of fused-ring (bicyclic) bond motifs is 1. The van der Waals surface area contributed by atoms with Crippen molar-refractivity contribution < 1.29 is 18.9 Å². The molecule has 0 atom stereocenters. The molecule has 0 N–H and O–H groups in total. The highest BCUT2D eigenvalue weighted by Gasteiger charge is 2.17. The average Bonchev–Trinajstić information content (AvgIpc) is 2.54. The van der Waals surface area contributed by atoms with E-state index in [-0.39, 0.29) is 28.0 Å². The maximum atomic E-state index is 12.1. The Morgan fingerprint density at radius 2 is 1.83 bits per heavy atom. The number of carbonyl (C=O) groups excluding carboxylic acids is 1. The SMILES string of the molecule is O=C(Oc1ccccc1)c1cc2cc([N+](=O)[O-])ccc2oc1=O. The minimum Gasteiger partial charge on any atom is -0.423 e. The molecule has 0 aliphatic carbocycles. The van der Waals surface area contributed by atoms with E-state index in [1.807, 2.05) is 0 Å². The van der Waals surface area contributed by atoms with Gasteiger partial charge in [-0.15, -0.1) is 0 Å². The zero-order valence-corrected chi connectivity index (χ0v) is 11.6. The third kappa shape index (κ3) is 2.93. The standard InChI is InChI=1S/C16H9NO6/c18-15(22-12-4-2-1-3-5-12)13-9-10-8-11(17(20)21)6-7-14(10)23-16(13)19/h1-9H. The van der Waals surface area contributed by atoms with Gasteiger partial charge in [-0.2, -0.15) is 0 Å². The van der Waals surface area contributed by atoms with E-state index in [0.717, 1.165) is 0 Å². The summed E-state index contributed by atoms with van der Waals surface area (Å²) in [6.07, 6.45) is 0. The molecule has 0 spiro atoms. The molecular weight excluding hydrogens is 302 g/mol. The van der Waals surface area contributed by atoms with Crippen molar-refractivity contribution in [1.82, 2.24) is 0 Å². The number of nitro groups is 1. The van der Waals surface area contributed by atoms with Gasteiger partial charge in [-0.25, -0.2) is 9.59 Å². The first-order valence-corrected chi connectivity index (χ1v) is 6.54. The number of ether oxygens (including phenoxy) is 1. The van der Waals surface area contributed by atoms with E-state index in [1.54, 1.807) is 30.3 Å². The Balaban J connectivity index is 2.02. The fourth-order valence-electron chi connectivity index (χ4n) is 2.02. The molecule has 114 valence electrons. The molecule has 7 heteroatoms. The topological polar surface area (TPSA) is 99.7 Å². The van der Waals surface area contributed by atoms with Crippen molar-refractivity contribution in [3.63, 3.8) is 0 Å². The van der Waals surface area contributed by atoms with Gasteiger partial charge in [-0.3, -0.25) is 10.1 Å². The molecule has 1 heterocycles. The Labute approximate surface area is 128 Å². The first-order chi connectivity index (χ1) is 11.0. The summed E-state index contributed by atoms with van der Waals surface area (Å²) in [4.78, 5) is 34.2. The summed E-state index contributed by atoms with van der Waals surface area (Å²) in [5, 5.41) is 11.1. The smallest absolute Gasteiger partial charge is 0.351 e. The van der Waals surface area contributed by atoms with E-state index in [9.17, 15) is 19.7 Å². The number of benzene rings is 2. The van der Waals surface area contributed by atoms with Crippen LogP contribution in [0.4, 0.5) is 5.69 Å². The Morgan fingerprint density at radius 1 is 1.09 bits per heavy atom. The first-order valence-electron chi connectivity index (χ1n) is 6.54. The molecule has 0 amide bonds. The van der Waals surface area contributed by atoms with E-state index < -0.39 is 16.5 Å². The minimum atomic E-state index is -0.890. The number of nitrogens with zero attached hydrogens (tertiary/aromatic N) is 1. The molecule has 0 fully saturated rings. The molecule has 3 aromatic rings. The molecule has 0 unspecified atom stereocenters. The van der Waals surface area contributed by atoms with Crippen LogP contribution in [0.15, 0.2) is 63.8 Å². The van der Waals surface area contributed by atoms with Gasteiger partial charge >= 0.3 is 11.6 Å². The lowest BCUT2D eigenvalue weighted by Gasteiger charge is -2.04. The summed E-state index contributed by atoms with van der Waals surface area (Å²) in [6.45, 7) is 0. The lowest BCUT2D eigenvalue weighted by molar-refractivity contribution is -0.384. The predicted octanol–water partition coefficient (Wildman–Crippen LogP) is 2.92. The largest absolute Gasteiger partial charge is 0.423 e. The molecule has 1 aromatic heterocycles. The fraction of sp³-hybridized carbons (Fsp3) is 0. The second-order valence-corrected chi connectivity index (χ2v) is 4.63. The van der Waals surface area contributed by atoms with Gasteiger partial charge in [-0.1, -0.05) is 18.2 Å². The molecule has 2 aromatic carbocycles. The van der Waals surface area contributed by atoms with Crippen molar-refractivity contribution >= 4 is 22.6 Å². The van der Waals surface area contributed by atoms with E-state index >= 15 is 0 Å². The number of hydrogen-bond donors (Lipinski definition) is 0. The quantitative estimate of drug-likeness (QED) is 0.242. The minimum absolute atomic E-state index is 0.150. The summed E-state index contributed by atoms with van der Waals surface area (Å²) in [5.41, 5.74) is -1.22. The van der Waals surface area contributed by atoms with Crippen LogP contribution in [0.2, 0.25) is 0 Å². The summed E-state index contributed by atoms with van der Waals surface area (Å²) in [7, 11) is 0. The van der Waals surface area contributed by atoms with Gasteiger partial charge in [0.2, 0.25) is 0 Å². The third-order valence-electron chi connectivity index (χ3n) is 3.10. The van der Waals surface area contributed by atoms with Gasteiger partial charge in [0.05, 0.1) is 4.92 Å². The fourth-order valence-corrected chi connectivity index (χ4v) is 2.02. The van der Waals surface area contributed by atoms with Crippen LogP contribution in [-0.2, 0) is 0 Å². The van der Waals surface area contributed by atoms with E-state index in [4.69, 9.17) is 9.15 Å². The average molecular weight is 311 g/mol. The molecule has 0 saturated heterocycles. The highest BCUT2D eigenvalue weighted by atomic mass is 16.6. The summed E-state index contributed by atoms with van der Waals surface area (Å²) in [6, 6.07) is 13.2. The Kier molecular flexibility index (Phi) is 3.60. The van der Waals surface area contributed by atoms with E-state index in [1.165, 1.54) is 24.3 Å². The van der Waals surface area contributed by atoms with Crippen molar-refractivity contribution in [2.45, 2.75) is 0 Å². The maximum Gasteiger partial charge on any atom is 0.351 e. The highest BCUT2D eigenvalue weighted by Crippen LogP contribution is 2.21. The summed E-state index contributed by atoms with van der Waals surface area (Å²) >= 11 is 0. The molecule has 0 aliphatic heterocycles. The molecular formula is C16H9NO6. The van der Waals surface area contributed by atoms with Crippen molar-refractivity contribution in [2.75, 3.05) is 0 Å². The number of carbonyl (C=O) groups is 1. The number of esters is 1. The molecule has 3 rings (SSSR count). The summed E-state index contributed by atoms with van der Waals surface area (Å²) in [5.74, 6) is -0.616. The number of non-ortho nitro benzene ring substituents is 1. The van der Waals surface area contributed by atoms with Crippen LogP contribution < -0.4 is 10.4 Å². The van der Waals surface area contributed by atoms with Crippen LogP contribution in [0.3, 0.4) is 0 Å². The van der Waals surface area contributed by atoms with E-state index in [0.29, 0.717) is 0 Å². The molecule has 0 bridgehead atoms. The van der Waals surface area contributed by atoms with Crippen molar-refractivity contribution in [1.29, 1.82) is 0 Å². The van der Waals surface area contributed by atoms with Crippen molar-refractivity contribution in [3.05, 3.63) is 80.7 Å². The van der Waals surface area contributed by atoms with Crippen molar-refractivity contribution in [2.24, 2.45) is 0 Å². The second kappa shape index (κ2) is 5.72. The zero-order valence-electron chi connectivity index (χ0n) is 11.6. The summed E-state index contributed by atoms with van der Waals surface area (Å²) < 4.78 is 10.1. The molecule has 0 aliphatic rings. The Hall–Kier alpha value is -3.48. The van der Waals surface area contributed by atoms with Gasteiger partial charge in [0.1, 0.15) is 16.9 Å². The molecule has 7 nitrogen and oxygen atoms in total. The zero-order chi connectivity index (χ0) is 16.4. The predicted molar refractivity (Wildman–Crippen MR) is 80.5 cm³/mol. The number of nitro benzene ring substituents is 1. The lowest BCUT2D eigenvalue weighted by atomic mass is 10.1. The molecule has 0 radical (unpaired) electrons. The molecule has 23 heavy (non-hydrogen) atoms.